The predicted molar refractivity (Wildman–Crippen MR) is 71.2 cm³/mol. The van der Waals surface area contributed by atoms with Crippen molar-refractivity contribution in [3.63, 3.8) is 0 Å². The van der Waals surface area contributed by atoms with Gasteiger partial charge in [-0.25, -0.2) is 9.37 Å². The zero-order valence-electron chi connectivity index (χ0n) is 9.74. The largest absolute Gasteiger partial charge is 0.309 e. The van der Waals surface area contributed by atoms with Gasteiger partial charge in [0.1, 0.15) is 5.82 Å². The molecule has 94 valence electrons. The molecule has 1 fully saturated rings. The fourth-order valence-corrected chi connectivity index (χ4v) is 2.71. The van der Waals surface area contributed by atoms with Crippen molar-refractivity contribution in [1.29, 1.82) is 0 Å². The zero-order chi connectivity index (χ0) is 12.5. The minimum Gasteiger partial charge on any atom is -0.309 e. The van der Waals surface area contributed by atoms with Gasteiger partial charge in [0.2, 0.25) is 0 Å². The lowest BCUT2D eigenvalue weighted by Gasteiger charge is -2.14. The zero-order valence-corrected chi connectivity index (χ0v) is 11.3. The standard InChI is InChI=1S/C13H13BrFN3/c14-9-3-4-12(10(15)6-9)18-8-16-7-13(18)11-2-1-5-17-11/h3-4,6-8,11,17H,1-2,5H2. The number of nitrogens with zero attached hydrogens (tertiary/aromatic N) is 2. The Hall–Kier alpha value is -1.20. The van der Waals surface area contributed by atoms with Crippen LogP contribution in [-0.2, 0) is 0 Å². The van der Waals surface area contributed by atoms with Gasteiger partial charge in [0, 0.05) is 10.5 Å². The molecule has 0 amide bonds. The third kappa shape index (κ3) is 2.08. The average Bonchev–Trinajstić information content (AvgIpc) is 2.98. The highest BCUT2D eigenvalue weighted by Gasteiger charge is 2.21. The fraction of sp³-hybridized carbons (Fsp3) is 0.308. The summed E-state index contributed by atoms with van der Waals surface area (Å²) >= 11 is 3.27. The summed E-state index contributed by atoms with van der Waals surface area (Å²) in [6, 6.07) is 5.35. The highest BCUT2D eigenvalue weighted by atomic mass is 79.9. The molecule has 0 aliphatic carbocycles. The molecule has 1 atom stereocenters. The molecule has 18 heavy (non-hydrogen) atoms. The highest BCUT2D eigenvalue weighted by molar-refractivity contribution is 9.10. The number of rotatable bonds is 2. The number of hydrogen-bond acceptors (Lipinski definition) is 2. The monoisotopic (exact) mass is 309 g/mol. The number of aromatic nitrogens is 2. The second-order valence-corrected chi connectivity index (χ2v) is 5.35. The van der Waals surface area contributed by atoms with Gasteiger partial charge in [-0.2, -0.15) is 0 Å². The van der Waals surface area contributed by atoms with Gasteiger partial charge in [-0.15, -0.1) is 0 Å². The van der Waals surface area contributed by atoms with Crippen LogP contribution in [0, 0.1) is 5.82 Å². The maximum atomic E-state index is 14.0. The molecule has 1 N–H and O–H groups in total. The first-order valence-corrected chi connectivity index (χ1v) is 6.76. The molecule has 1 aromatic heterocycles. The van der Waals surface area contributed by atoms with E-state index in [1.165, 1.54) is 6.07 Å². The number of benzene rings is 1. The second-order valence-electron chi connectivity index (χ2n) is 4.43. The molecule has 0 spiro atoms. The molecule has 0 radical (unpaired) electrons. The van der Waals surface area contributed by atoms with Crippen LogP contribution in [0.15, 0.2) is 35.2 Å². The van der Waals surface area contributed by atoms with Crippen LogP contribution in [0.5, 0.6) is 0 Å². The van der Waals surface area contributed by atoms with Crippen LogP contribution >= 0.6 is 15.9 Å². The molecule has 0 bridgehead atoms. The Morgan fingerprint density at radius 1 is 1.44 bits per heavy atom. The van der Waals surface area contributed by atoms with E-state index in [-0.39, 0.29) is 11.9 Å². The van der Waals surface area contributed by atoms with E-state index in [9.17, 15) is 4.39 Å². The van der Waals surface area contributed by atoms with Gasteiger partial charge in [0.05, 0.1) is 23.9 Å². The van der Waals surface area contributed by atoms with E-state index in [2.05, 4.69) is 26.2 Å². The third-order valence-corrected chi connectivity index (χ3v) is 3.75. The minimum atomic E-state index is -0.248. The lowest BCUT2D eigenvalue weighted by molar-refractivity contribution is 0.590. The maximum absolute atomic E-state index is 14.0. The number of nitrogens with one attached hydrogen (secondary N) is 1. The molecular weight excluding hydrogens is 297 g/mol. The number of halogens is 2. The Morgan fingerprint density at radius 3 is 3.06 bits per heavy atom. The smallest absolute Gasteiger partial charge is 0.148 e. The summed E-state index contributed by atoms with van der Waals surface area (Å²) < 4.78 is 16.5. The van der Waals surface area contributed by atoms with Gasteiger partial charge >= 0.3 is 0 Å². The topological polar surface area (TPSA) is 29.9 Å². The molecule has 1 aliphatic rings. The Labute approximate surface area is 113 Å². The Bertz CT molecular complexity index is 561. The molecule has 1 unspecified atom stereocenters. The molecule has 3 nitrogen and oxygen atoms in total. The van der Waals surface area contributed by atoms with Crippen molar-refractivity contribution in [1.82, 2.24) is 14.9 Å². The van der Waals surface area contributed by atoms with Crippen molar-refractivity contribution in [2.75, 3.05) is 6.54 Å². The molecule has 1 aromatic carbocycles. The maximum Gasteiger partial charge on any atom is 0.148 e. The van der Waals surface area contributed by atoms with Crippen LogP contribution in [-0.4, -0.2) is 16.1 Å². The van der Waals surface area contributed by atoms with Crippen LogP contribution in [0.4, 0.5) is 4.39 Å². The van der Waals surface area contributed by atoms with Crippen LogP contribution in [0.1, 0.15) is 24.6 Å². The first kappa shape index (κ1) is 11.9. The summed E-state index contributed by atoms with van der Waals surface area (Å²) in [5, 5.41) is 3.41. The van der Waals surface area contributed by atoms with Crippen molar-refractivity contribution in [3.8, 4) is 5.69 Å². The molecule has 2 aromatic rings. The van der Waals surface area contributed by atoms with Crippen LogP contribution in [0.25, 0.3) is 5.69 Å². The molecule has 0 saturated carbocycles. The van der Waals surface area contributed by atoms with E-state index < -0.39 is 0 Å². The van der Waals surface area contributed by atoms with Gasteiger partial charge in [-0.05, 0) is 37.6 Å². The van der Waals surface area contributed by atoms with E-state index in [0.29, 0.717) is 5.69 Å². The van der Waals surface area contributed by atoms with Crippen molar-refractivity contribution in [2.24, 2.45) is 0 Å². The first-order valence-electron chi connectivity index (χ1n) is 5.97. The second kappa shape index (κ2) is 4.82. The van der Waals surface area contributed by atoms with E-state index in [1.54, 1.807) is 12.4 Å². The van der Waals surface area contributed by atoms with Crippen LogP contribution in [0.2, 0.25) is 0 Å². The van der Waals surface area contributed by atoms with Gasteiger partial charge in [-0.3, -0.25) is 4.57 Å². The molecule has 1 aliphatic heterocycles. The van der Waals surface area contributed by atoms with Crippen molar-refractivity contribution in [2.45, 2.75) is 18.9 Å². The first-order chi connectivity index (χ1) is 8.75. The van der Waals surface area contributed by atoms with Gasteiger partial charge in [0.25, 0.3) is 0 Å². The van der Waals surface area contributed by atoms with Crippen LogP contribution in [0.3, 0.4) is 0 Å². The summed E-state index contributed by atoms with van der Waals surface area (Å²) in [7, 11) is 0. The third-order valence-electron chi connectivity index (χ3n) is 3.25. The average molecular weight is 310 g/mol. The lowest BCUT2D eigenvalue weighted by Crippen LogP contribution is -2.16. The summed E-state index contributed by atoms with van der Waals surface area (Å²) in [4.78, 5) is 4.15. The lowest BCUT2D eigenvalue weighted by atomic mass is 10.1. The van der Waals surface area contributed by atoms with Crippen molar-refractivity contribution in [3.05, 3.63) is 46.7 Å². The number of imidazole rings is 1. The normalized spacial score (nSPS) is 19.3. The molecule has 2 heterocycles. The molecular formula is C13H13BrFN3. The van der Waals surface area contributed by atoms with E-state index in [4.69, 9.17) is 0 Å². The summed E-state index contributed by atoms with van der Waals surface area (Å²) in [5.74, 6) is -0.248. The van der Waals surface area contributed by atoms with Gasteiger partial charge in [0.15, 0.2) is 0 Å². The van der Waals surface area contributed by atoms with Crippen LogP contribution < -0.4 is 5.32 Å². The van der Waals surface area contributed by atoms with Crippen molar-refractivity contribution >= 4 is 15.9 Å². The Balaban J connectivity index is 2.03. The number of hydrogen-bond donors (Lipinski definition) is 1. The van der Waals surface area contributed by atoms with Crippen molar-refractivity contribution < 1.29 is 4.39 Å². The molecule has 1 saturated heterocycles. The highest BCUT2D eigenvalue weighted by Crippen LogP contribution is 2.27. The summed E-state index contributed by atoms with van der Waals surface area (Å²) in [6.45, 7) is 1.01. The minimum absolute atomic E-state index is 0.248. The molecule has 5 heteroatoms. The molecule has 3 rings (SSSR count). The quantitative estimate of drug-likeness (QED) is 0.923. The predicted octanol–water partition coefficient (Wildman–Crippen LogP) is 3.20. The summed E-state index contributed by atoms with van der Waals surface area (Å²) in [5.41, 5.74) is 1.56. The Kier molecular flexibility index (Phi) is 3.18. The van der Waals surface area contributed by atoms with E-state index >= 15 is 0 Å². The summed E-state index contributed by atoms with van der Waals surface area (Å²) in [6.07, 6.45) is 5.70. The SMILES string of the molecule is Fc1cc(Br)ccc1-n1cncc1C1CCCN1. The van der Waals surface area contributed by atoms with E-state index in [0.717, 1.165) is 29.6 Å². The van der Waals surface area contributed by atoms with Gasteiger partial charge < -0.3 is 5.32 Å². The van der Waals surface area contributed by atoms with Gasteiger partial charge in [-0.1, -0.05) is 15.9 Å². The Morgan fingerprint density at radius 2 is 2.33 bits per heavy atom. The van der Waals surface area contributed by atoms with E-state index in [1.807, 2.05) is 16.8 Å². The fourth-order valence-electron chi connectivity index (χ4n) is 2.38.